The Hall–Kier alpha value is -3.08. The average Bonchev–Trinajstić information content (AvgIpc) is 3.18. The van der Waals surface area contributed by atoms with Crippen LogP contribution in [-0.4, -0.2) is 44.1 Å². The van der Waals surface area contributed by atoms with E-state index in [1.54, 1.807) is 19.2 Å². The van der Waals surface area contributed by atoms with Crippen LogP contribution in [0.1, 0.15) is 51.7 Å². The Balaban J connectivity index is 1.54. The lowest BCUT2D eigenvalue weighted by molar-refractivity contribution is 0.0342. The lowest BCUT2D eigenvalue weighted by atomic mass is 9.96. The third-order valence-electron chi connectivity index (χ3n) is 6.59. The van der Waals surface area contributed by atoms with Gasteiger partial charge in [-0.2, -0.15) is 0 Å². The molecule has 1 amide bonds. The Morgan fingerprint density at radius 2 is 2.00 bits per heavy atom. The van der Waals surface area contributed by atoms with Crippen molar-refractivity contribution < 1.29 is 27.1 Å². The van der Waals surface area contributed by atoms with Gasteiger partial charge in [0.2, 0.25) is 0 Å². The second-order valence-electron chi connectivity index (χ2n) is 8.77. The number of fused-ring (bicyclic) bond motifs is 4. The van der Waals surface area contributed by atoms with E-state index in [0.717, 1.165) is 22.9 Å². The van der Waals surface area contributed by atoms with E-state index in [1.165, 1.54) is 23.1 Å². The summed E-state index contributed by atoms with van der Waals surface area (Å²) in [7, 11) is -1.80. The van der Waals surface area contributed by atoms with Gasteiger partial charge in [0.15, 0.2) is 9.84 Å². The first-order valence-electron chi connectivity index (χ1n) is 10.8. The molecule has 2 aliphatic heterocycles. The molecule has 0 spiro atoms. The van der Waals surface area contributed by atoms with Gasteiger partial charge in [-0.25, -0.2) is 17.8 Å². The smallest absolute Gasteiger partial charge is 0.257 e. The number of rotatable bonds is 3. The molecule has 3 aromatic rings. The summed E-state index contributed by atoms with van der Waals surface area (Å²) in [6, 6.07) is 7.00. The van der Waals surface area contributed by atoms with Gasteiger partial charge in [0.1, 0.15) is 11.6 Å². The van der Waals surface area contributed by atoms with E-state index in [9.17, 15) is 13.2 Å². The topological polar surface area (TPSA) is 112 Å². The molecule has 178 valence electrons. The number of ether oxygens (including phenoxy) is 2. The van der Waals surface area contributed by atoms with Gasteiger partial charge in [0.25, 0.3) is 5.91 Å². The summed E-state index contributed by atoms with van der Waals surface area (Å²) in [5.41, 5.74) is 9.37. The average molecular weight is 486 g/mol. The molecular formula is C24H24FN3O5S. The number of carbonyl (C=O) groups is 1. The number of amides is 1. The molecule has 2 atom stereocenters. The van der Waals surface area contributed by atoms with E-state index in [-0.39, 0.29) is 29.8 Å². The van der Waals surface area contributed by atoms with E-state index >= 15 is 4.39 Å². The Morgan fingerprint density at radius 3 is 2.74 bits per heavy atom. The van der Waals surface area contributed by atoms with E-state index in [1.807, 2.05) is 6.92 Å². The van der Waals surface area contributed by atoms with Gasteiger partial charge in [-0.3, -0.25) is 4.79 Å². The van der Waals surface area contributed by atoms with Crippen LogP contribution in [0, 0.1) is 5.82 Å². The largest absolute Gasteiger partial charge is 0.383 e. The van der Waals surface area contributed by atoms with E-state index in [2.05, 4.69) is 4.98 Å². The Morgan fingerprint density at radius 1 is 1.24 bits per heavy atom. The zero-order valence-corrected chi connectivity index (χ0v) is 19.8. The highest BCUT2D eigenvalue weighted by Crippen LogP contribution is 2.39. The Labute approximate surface area is 196 Å². The summed E-state index contributed by atoms with van der Waals surface area (Å²) < 4.78 is 50.3. The van der Waals surface area contributed by atoms with Gasteiger partial charge in [-0.05, 0) is 41.8 Å². The number of nitrogen functional groups attached to an aromatic ring is 1. The van der Waals surface area contributed by atoms with Crippen LogP contribution in [0.15, 0.2) is 35.2 Å². The first kappa shape index (κ1) is 22.7. The number of sulfone groups is 1. The monoisotopic (exact) mass is 485 g/mol. The van der Waals surface area contributed by atoms with Crippen molar-refractivity contribution >= 4 is 32.5 Å². The molecule has 0 fully saturated rings. The van der Waals surface area contributed by atoms with Crippen molar-refractivity contribution in [2.45, 2.75) is 37.2 Å². The lowest BCUT2D eigenvalue weighted by Gasteiger charge is -2.33. The first-order chi connectivity index (χ1) is 16.1. The van der Waals surface area contributed by atoms with Crippen LogP contribution in [0.5, 0.6) is 0 Å². The third-order valence-corrected chi connectivity index (χ3v) is 7.70. The van der Waals surface area contributed by atoms with Crippen molar-refractivity contribution in [3.63, 3.8) is 0 Å². The lowest BCUT2D eigenvalue weighted by Crippen LogP contribution is -2.36. The highest BCUT2D eigenvalue weighted by atomic mass is 32.2. The fraction of sp³-hybridized carbons (Fsp3) is 0.333. The minimum atomic E-state index is -3.38. The number of hydrogen-bond acceptors (Lipinski definition) is 7. The number of benzene rings is 2. The summed E-state index contributed by atoms with van der Waals surface area (Å²) in [4.78, 5) is 19.4. The maximum atomic E-state index is 15.1. The highest BCUT2D eigenvalue weighted by molar-refractivity contribution is 7.90. The number of likely N-dealkylation sites (N-methyl/N-ethyl adjacent to an activating group) is 1. The van der Waals surface area contributed by atoms with E-state index in [0.29, 0.717) is 28.9 Å². The molecule has 0 saturated heterocycles. The molecule has 5 rings (SSSR count). The molecule has 3 heterocycles. The number of anilines is 1. The maximum absolute atomic E-state index is 15.1. The Bertz CT molecular complexity index is 1460. The van der Waals surface area contributed by atoms with E-state index in [4.69, 9.17) is 15.2 Å². The van der Waals surface area contributed by atoms with Gasteiger partial charge < -0.3 is 20.1 Å². The molecule has 0 unspecified atom stereocenters. The normalized spacial score (nSPS) is 19.6. The van der Waals surface area contributed by atoms with Crippen LogP contribution in [0.2, 0.25) is 0 Å². The van der Waals surface area contributed by atoms with Gasteiger partial charge in [0, 0.05) is 30.3 Å². The SMILES string of the molecule is C[C@H]1OCc2c1c(N)nc1cc(F)c(C(=O)N(C)[C@@H]3COCc4cc(S(C)(=O)=O)ccc43)cc21. The van der Waals surface area contributed by atoms with Gasteiger partial charge in [0.05, 0.1) is 47.9 Å². The zero-order chi connectivity index (χ0) is 24.4. The minimum absolute atomic E-state index is 0.0943. The van der Waals surface area contributed by atoms with Crippen LogP contribution in [0.4, 0.5) is 10.2 Å². The number of halogens is 1. The third kappa shape index (κ3) is 3.62. The van der Waals surface area contributed by atoms with Crippen molar-refractivity contribution in [1.82, 2.24) is 9.88 Å². The maximum Gasteiger partial charge on any atom is 0.257 e. The fourth-order valence-electron chi connectivity index (χ4n) is 4.74. The van der Waals surface area contributed by atoms with Gasteiger partial charge >= 0.3 is 0 Å². The second-order valence-corrected chi connectivity index (χ2v) is 10.8. The molecule has 10 heteroatoms. The molecule has 0 aliphatic carbocycles. The van der Waals surface area contributed by atoms with Crippen molar-refractivity contribution in [1.29, 1.82) is 0 Å². The van der Waals surface area contributed by atoms with Crippen LogP contribution < -0.4 is 5.73 Å². The molecule has 0 radical (unpaired) electrons. The molecule has 8 nitrogen and oxygen atoms in total. The van der Waals surface area contributed by atoms with Crippen molar-refractivity contribution in [3.05, 3.63) is 64.0 Å². The second kappa shape index (κ2) is 8.00. The van der Waals surface area contributed by atoms with Crippen LogP contribution >= 0.6 is 0 Å². The standard InChI is InChI=1S/C24H24FN3O5S/c1-12-22-18(10-33-12)16-7-17(19(25)8-20(16)27-23(22)26)24(29)28(2)21-11-32-9-13-6-14(34(3,30)31)4-5-15(13)21/h4-8,12,21H,9-11H2,1-3H3,(H2,26,27)/t12-,21-/m1/s1. The minimum Gasteiger partial charge on any atom is -0.383 e. The molecular weight excluding hydrogens is 461 g/mol. The van der Waals surface area contributed by atoms with Crippen molar-refractivity contribution in [2.24, 2.45) is 0 Å². The van der Waals surface area contributed by atoms with E-state index < -0.39 is 27.6 Å². The van der Waals surface area contributed by atoms with Crippen molar-refractivity contribution in [3.8, 4) is 0 Å². The summed E-state index contributed by atoms with van der Waals surface area (Å²) in [5.74, 6) is -0.925. The number of nitrogens with zero attached hydrogens (tertiary/aromatic N) is 2. The molecule has 34 heavy (non-hydrogen) atoms. The van der Waals surface area contributed by atoms with Gasteiger partial charge in [-0.15, -0.1) is 0 Å². The number of nitrogens with two attached hydrogens (primary N) is 1. The number of hydrogen-bond donors (Lipinski definition) is 1. The molecule has 2 N–H and O–H groups in total. The molecule has 1 aromatic heterocycles. The fourth-order valence-corrected chi connectivity index (χ4v) is 5.41. The molecule has 2 aliphatic rings. The van der Waals surface area contributed by atoms with Crippen LogP contribution in [0.3, 0.4) is 0 Å². The predicted octanol–water partition coefficient (Wildman–Crippen LogP) is 3.29. The van der Waals surface area contributed by atoms with Crippen molar-refractivity contribution in [2.75, 3.05) is 25.6 Å². The van der Waals surface area contributed by atoms with Crippen LogP contribution in [-0.2, 0) is 32.5 Å². The Kier molecular flexibility index (Phi) is 5.34. The summed E-state index contributed by atoms with van der Waals surface area (Å²) in [6.07, 6.45) is 0.908. The molecule has 2 aromatic carbocycles. The highest BCUT2D eigenvalue weighted by Gasteiger charge is 2.31. The number of pyridine rings is 1. The number of carbonyl (C=O) groups excluding carboxylic acids is 1. The predicted molar refractivity (Wildman–Crippen MR) is 123 cm³/mol. The number of aromatic nitrogens is 1. The molecule has 0 saturated carbocycles. The molecule has 0 bridgehead atoms. The zero-order valence-electron chi connectivity index (χ0n) is 19.0. The first-order valence-corrected chi connectivity index (χ1v) is 12.7. The summed E-state index contributed by atoms with van der Waals surface area (Å²) in [5, 5.41) is 0.629. The summed E-state index contributed by atoms with van der Waals surface area (Å²) in [6.45, 7) is 2.62. The summed E-state index contributed by atoms with van der Waals surface area (Å²) >= 11 is 0. The van der Waals surface area contributed by atoms with Crippen LogP contribution in [0.25, 0.3) is 10.9 Å². The quantitative estimate of drug-likeness (QED) is 0.606. The van der Waals surface area contributed by atoms with Gasteiger partial charge in [-0.1, -0.05) is 6.07 Å².